The predicted molar refractivity (Wildman–Crippen MR) is 127 cm³/mol. The van der Waals surface area contributed by atoms with E-state index in [1.807, 2.05) is 18.2 Å². The van der Waals surface area contributed by atoms with Gasteiger partial charge in [0.25, 0.3) is 5.91 Å². The second-order valence-electron chi connectivity index (χ2n) is 8.28. The molecule has 3 aromatic rings. The van der Waals surface area contributed by atoms with E-state index < -0.39 is 35.8 Å². The minimum Gasteiger partial charge on any atom is -0.390 e. The molecule has 0 radical (unpaired) electrons. The van der Waals surface area contributed by atoms with E-state index in [2.05, 4.69) is 23.6 Å². The third kappa shape index (κ3) is 7.45. The van der Waals surface area contributed by atoms with Gasteiger partial charge in [0, 0.05) is 19.2 Å². The first-order valence-corrected chi connectivity index (χ1v) is 11.3. The SMILES string of the molecule is CCc1cccc(CNC[C@@H](O)[C@H](Cc2cc(F)cc(F)c2)NC(=O)[C@H](O)c2ccccc2)c1. The molecule has 34 heavy (non-hydrogen) atoms. The van der Waals surface area contributed by atoms with Crippen molar-refractivity contribution in [3.8, 4) is 0 Å². The van der Waals surface area contributed by atoms with E-state index in [0.29, 0.717) is 12.1 Å². The van der Waals surface area contributed by atoms with Crippen LogP contribution in [-0.2, 0) is 24.2 Å². The van der Waals surface area contributed by atoms with Crippen LogP contribution in [0.3, 0.4) is 0 Å². The highest BCUT2D eigenvalue weighted by Gasteiger charge is 2.26. The maximum absolute atomic E-state index is 13.7. The Balaban J connectivity index is 1.69. The highest BCUT2D eigenvalue weighted by molar-refractivity contribution is 5.82. The number of halogens is 2. The Morgan fingerprint density at radius 3 is 2.24 bits per heavy atom. The van der Waals surface area contributed by atoms with Crippen LogP contribution in [0.2, 0.25) is 0 Å². The van der Waals surface area contributed by atoms with Gasteiger partial charge in [0.15, 0.2) is 6.10 Å². The molecule has 0 saturated carbocycles. The van der Waals surface area contributed by atoms with E-state index in [4.69, 9.17) is 0 Å². The molecule has 0 unspecified atom stereocenters. The van der Waals surface area contributed by atoms with Gasteiger partial charge in [-0.3, -0.25) is 4.79 Å². The molecule has 0 aliphatic heterocycles. The second-order valence-corrected chi connectivity index (χ2v) is 8.28. The van der Waals surface area contributed by atoms with Gasteiger partial charge in [-0.05, 0) is 47.2 Å². The number of amides is 1. The fraction of sp³-hybridized carbons (Fsp3) is 0.296. The molecular weight excluding hydrogens is 438 g/mol. The molecule has 3 aromatic carbocycles. The standard InChI is InChI=1S/C27H30F2N2O3/c1-2-18-7-6-8-19(11-18)16-30-17-25(32)24(14-20-12-22(28)15-23(29)13-20)31-27(34)26(33)21-9-4-3-5-10-21/h3-13,15,24-26,30,32-33H,2,14,16-17H2,1H3,(H,31,34)/t24-,25+,26+/m0/s1. The molecule has 3 atom stereocenters. The molecule has 3 rings (SSSR count). The Morgan fingerprint density at radius 1 is 0.882 bits per heavy atom. The third-order valence-electron chi connectivity index (χ3n) is 5.62. The van der Waals surface area contributed by atoms with Crippen molar-refractivity contribution in [1.29, 1.82) is 0 Å². The molecule has 0 aliphatic rings. The number of aliphatic hydroxyl groups is 2. The zero-order valence-electron chi connectivity index (χ0n) is 19.0. The number of nitrogens with one attached hydrogen (secondary N) is 2. The van der Waals surface area contributed by atoms with Crippen LogP contribution in [0.4, 0.5) is 8.78 Å². The minimum absolute atomic E-state index is 0.0178. The van der Waals surface area contributed by atoms with Gasteiger partial charge in [0.1, 0.15) is 11.6 Å². The van der Waals surface area contributed by atoms with Gasteiger partial charge in [0.2, 0.25) is 0 Å². The number of aliphatic hydroxyl groups excluding tert-OH is 2. The average molecular weight is 469 g/mol. The van der Waals surface area contributed by atoms with Crippen molar-refractivity contribution in [2.45, 2.75) is 44.6 Å². The number of carbonyl (C=O) groups excluding carboxylic acids is 1. The van der Waals surface area contributed by atoms with Crippen molar-refractivity contribution < 1.29 is 23.8 Å². The highest BCUT2D eigenvalue weighted by Crippen LogP contribution is 2.16. The average Bonchev–Trinajstić information content (AvgIpc) is 2.83. The summed E-state index contributed by atoms with van der Waals surface area (Å²) >= 11 is 0. The minimum atomic E-state index is -1.44. The fourth-order valence-electron chi connectivity index (χ4n) is 3.78. The predicted octanol–water partition coefficient (Wildman–Crippen LogP) is 3.44. The number of hydrogen-bond acceptors (Lipinski definition) is 4. The van der Waals surface area contributed by atoms with Crippen molar-refractivity contribution in [1.82, 2.24) is 10.6 Å². The van der Waals surface area contributed by atoms with Crippen LogP contribution in [-0.4, -0.2) is 34.8 Å². The Kier molecular flexibility index (Phi) is 9.27. The summed E-state index contributed by atoms with van der Waals surface area (Å²) in [6.07, 6.45) is -1.62. The van der Waals surface area contributed by atoms with E-state index >= 15 is 0 Å². The van der Waals surface area contributed by atoms with Crippen molar-refractivity contribution in [2.24, 2.45) is 0 Å². The van der Waals surface area contributed by atoms with Crippen LogP contribution < -0.4 is 10.6 Å². The fourth-order valence-corrected chi connectivity index (χ4v) is 3.78. The lowest BCUT2D eigenvalue weighted by Gasteiger charge is -2.26. The largest absolute Gasteiger partial charge is 0.390 e. The topological polar surface area (TPSA) is 81.6 Å². The number of aryl methyl sites for hydroxylation is 1. The molecule has 0 saturated heterocycles. The zero-order chi connectivity index (χ0) is 24.5. The lowest BCUT2D eigenvalue weighted by atomic mass is 9.99. The molecule has 0 fully saturated rings. The van der Waals surface area contributed by atoms with Crippen LogP contribution in [0.5, 0.6) is 0 Å². The van der Waals surface area contributed by atoms with Crippen LogP contribution in [0, 0.1) is 11.6 Å². The van der Waals surface area contributed by atoms with E-state index in [0.717, 1.165) is 30.2 Å². The summed E-state index contributed by atoms with van der Waals surface area (Å²) in [4.78, 5) is 12.7. The van der Waals surface area contributed by atoms with Crippen molar-refractivity contribution in [3.05, 3.63) is 107 Å². The Morgan fingerprint density at radius 2 is 1.56 bits per heavy atom. The monoisotopic (exact) mass is 468 g/mol. The lowest BCUT2D eigenvalue weighted by molar-refractivity contribution is -0.131. The number of hydrogen-bond donors (Lipinski definition) is 4. The first kappa shape index (κ1) is 25.5. The lowest BCUT2D eigenvalue weighted by Crippen LogP contribution is -2.50. The molecule has 0 heterocycles. The first-order valence-electron chi connectivity index (χ1n) is 11.3. The van der Waals surface area contributed by atoms with Crippen LogP contribution in [0.15, 0.2) is 72.8 Å². The number of benzene rings is 3. The van der Waals surface area contributed by atoms with Crippen molar-refractivity contribution in [2.75, 3.05) is 6.54 Å². The normalized spacial score (nSPS) is 13.8. The zero-order valence-corrected chi connectivity index (χ0v) is 19.0. The number of carbonyl (C=O) groups is 1. The molecular formula is C27H30F2N2O3. The Bertz CT molecular complexity index is 1060. The smallest absolute Gasteiger partial charge is 0.253 e. The molecule has 0 spiro atoms. The van der Waals surface area contributed by atoms with Gasteiger partial charge in [-0.25, -0.2) is 8.78 Å². The number of rotatable bonds is 11. The Labute approximate surface area is 198 Å². The van der Waals surface area contributed by atoms with Crippen LogP contribution in [0.25, 0.3) is 0 Å². The molecule has 0 aliphatic carbocycles. The molecule has 7 heteroatoms. The van der Waals surface area contributed by atoms with Gasteiger partial charge in [-0.2, -0.15) is 0 Å². The molecule has 1 amide bonds. The van der Waals surface area contributed by atoms with E-state index in [1.165, 1.54) is 5.56 Å². The van der Waals surface area contributed by atoms with Gasteiger partial charge >= 0.3 is 0 Å². The summed E-state index contributed by atoms with van der Waals surface area (Å²) in [6, 6.07) is 18.6. The van der Waals surface area contributed by atoms with Gasteiger partial charge in [-0.15, -0.1) is 0 Å². The first-order chi connectivity index (χ1) is 16.4. The molecule has 0 aromatic heterocycles. The summed E-state index contributed by atoms with van der Waals surface area (Å²) < 4.78 is 27.4. The maximum atomic E-state index is 13.7. The quantitative estimate of drug-likeness (QED) is 0.348. The summed E-state index contributed by atoms with van der Waals surface area (Å²) in [5.41, 5.74) is 2.94. The molecule has 180 valence electrons. The van der Waals surface area contributed by atoms with Gasteiger partial charge < -0.3 is 20.8 Å². The third-order valence-corrected chi connectivity index (χ3v) is 5.62. The van der Waals surface area contributed by atoms with Crippen molar-refractivity contribution in [3.63, 3.8) is 0 Å². The molecule has 0 bridgehead atoms. The van der Waals surface area contributed by atoms with Crippen molar-refractivity contribution >= 4 is 5.91 Å². The summed E-state index contributed by atoms with van der Waals surface area (Å²) in [5.74, 6) is -2.19. The summed E-state index contributed by atoms with van der Waals surface area (Å²) in [5, 5.41) is 27.1. The van der Waals surface area contributed by atoms with Gasteiger partial charge in [-0.1, -0.05) is 61.5 Å². The highest BCUT2D eigenvalue weighted by atomic mass is 19.1. The Hall–Kier alpha value is -3.13. The van der Waals surface area contributed by atoms with Crippen LogP contribution in [0.1, 0.15) is 35.3 Å². The summed E-state index contributed by atoms with van der Waals surface area (Å²) in [7, 11) is 0. The summed E-state index contributed by atoms with van der Waals surface area (Å²) in [6.45, 7) is 2.70. The second kappa shape index (κ2) is 12.4. The molecule has 5 nitrogen and oxygen atoms in total. The van der Waals surface area contributed by atoms with Crippen LogP contribution >= 0.6 is 0 Å². The molecule has 4 N–H and O–H groups in total. The van der Waals surface area contributed by atoms with E-state index in [-0.39, 0.29) is 18.5 Å². The van der Waals surface area contributed by atoms with E-state index in [9.17, 15) is 23.8 Å². The maximum Gasteiger partial charge on any atom is 0.253 e. The van der Waals surface area contributed by atoms with Gasteiger partial charge in [0.05, 0.1) is 12.1 Å². The van der Waals surface area contributed by atoms with E-state index in [1.54, 1.807) is 30.3 Å².